The third-order valence-electron chi connectivity index (χ3n) is 4.71. The number of hydrogen-bond acceptors (Lipinski definition) is 7. The summed E-state index contributed by atoms with van der Waals surface area (Å²) in [4.78, 5) is 37.0. The second-order valence-electron chi connectivity index (χ2n) is 8.51. The van der Waals surface area contributed by atoms with Gasteiger partial charge in [0.1, 0.15) is 16.9 Å². The van der Waals surface area contributed by atoms with Crippen LogP contribution >= 0.6 is 0 Å². The van der Waals surface area contributed by atoms with Crippen LogP contribution in [-0.2, 0) is 19.1 Å². The van der Waals surface area contributed by atoms with Gasteiger partial charge in [0, 0.05) is 23.6 Å². The molecule has 0 aliphatic carbocycles. The molecule has 7 nitrogen and oxygen atoms in total. The van der Waals surface area contributed by atoms with Gasteiger partial charge >= 0.3 is 17.6 Å². The van der Waals surface area contributed by atoms with Gasteiger partial charge in [0.15, 0.2) is 12.2 Å². The molecule has 0 amide bonds. The maximum atomic E-state index is 12.6. The highest BCUT2D eigenvalue weighted by Crippen LogP contribution is 2.46. The number of benzene rings is 1. The molecule has 0 unspecified atom stereocenters. The molecule has 2 aromatic rings. The van der Waals surface area contributed by atoms with Crippen LogP contribution in [0.1, 0.15) is 53.2 Å². The van der Waals surface area contributed by atoms with E-state index in [-0.39, 0.29) is 5.58 Å². The van der Waals surface area contributed by atoms with Crippen molar-refractivity contribution in [2.75, 3.05) is 0 Å². The molecule has 2 heterocycles. The van der Waals surface area contributed by atoms with Gasteiger partial charge in [-0.3, -0.25) is 0 Å². The fourth-order valence-corrected chi connectivity index (χ4v) is 3.47. The van der Waals surface area contributed by atoms with Crippen molar-refractivity contribution in [3.63, 3.8) is 0 Å². The first-order valence-electron chi connectivity index (χ1n) is 9.95. The molecule has 0 saturated carbocycles. The van der Waals surface area contributed by atoms with E-state index in [0.717, 1.165) is 11.1 Å². The van der Waals surface area contributed by atoms with Gasteiger partial charge in [0.25, 0.3) is 0 Å². The van der Waals surface area contributed by atoms with E-state index in [1.807, 2.05) is 0 Å². The monoisotopic (exact) mass is 426 g/mol. The van der Waals surface area contributed by atoms with E-state index in [0.29, 0.717) is 16.7 Å². The molecule has 7 heteroatoms. The molecule has 0 spiro atoms. The van der Waals surface area contributed by atoms with Crippen LogP contribution in [0.25, 0.3) is 11.0 Å². The summed E-state index contributed by atoms with van der Waals surface area (Å²) < 4.78 is 23.0. The molecule has 1 aromatic heterocycles. The molecule has 3 rings (SSSR count). The fraction of sp³-hybridized carbons (Fsp3) is 0.375. The first-order chi connectivity index (χ1) is 14.5. The van der Waals surface area contributed by atoms with Crippen molar-refractivity contribution in [2.45, 2.75) is 59.4 Å². The highest BCUT2D eigenvalue weighted by atomic mass is 16.6. The predicted octanol–water partition coefficient (Wildman–Crippen LogP) is 4.39. The van der Waals surface area contributed by atoms with E-state index in [9.17, 15) is 14.4 Å². The number of fused-ring (bicyclic) bond motifs is 3. The molecule has 164 valence electrons. The smallest absolute Gasteiger partial charge is 0.336 e. The SMILES string of the molecule is CC(C)=CC(=O)O[C@@H]1c2c(ccc3ccc(=O)oc23)OC(C)(C)[C@@H]1OC(=O)C=C(C)C. The van der Waals surface area contributed by atoms with Crippen LogP contribution in [0.3, 0.4) is 0 Å². The molecule has 0 saturated heterocycles. The molecular formula is C24H26O7. The summed E-state index contributed by atoms with van der Waals surface area (Å²) in [6.07, 6.45) is 0.654. The number of hydrogen-bond donors (Lipinski definition) is 0. The lowest BCUT2D eigenvalue weighted by molar-refractivity contribution is -0.184. The molecule has 1 aliphatic heterocycles. The maximum absolute atomic E-state index is 12.6. The average molecular weight is 426 g/mol. The van der Waals surface area contributed by atoms with E-state index < -0.39 is 35.4 Å². The number of esters is 2. The summed E-state index contributed by atoms with van der Waals surface area (Å²) in [6, 6.07) is 6.38. The lowest BCUT2D eigenvalue weighted by Crippen LogP contribution is -2.52. The van der Waals surface area contributed by atoms with Crippen molar-refractivity contribution in [3.8, 4) is 5.75 Å². The molecule has 0 fully saturated rings. The summed E-state index contributed by atoms with van der Waals surface area (Å²) in [5.41, 5.74) is 0.488. The molecule has 31 heavy (non-hydrogen) atoms. The highest BCUT2D eigenvalue weighted by Gasteiger charge is 2.49. The quantitative estimate of drug-likeness (QED) is 0.407. The Morgan fingerprint density at radius 2 is 1.52 bits per heavy atom. The van der Waals surface area contributed by atoms with Crippen LogP contribution in [-0.4, -0.2) is 23.6 Å². The van der Waals surface area contributed by atoms with E-state index in [1.54, 1.807) is 59.7 Å². The van der Waals surface area contributed by atoms with Crippen LogP contribution in [0.4, 0.5) is 0 Å². The summed E-state index contributed by atoms with van der Waals surface area (Å²) in [5, 5.41) is 0.624. The zero-order valence-electron chi connectivity index (χ0n) is 18.5. The minimum absolute atomic E-state index is 0.221. The Morgan fingerprint density at radius 3 is 2.13 bits per heavy atom. The summed E-state index contributed by atoms with van der Waals surface area (Å²) in [5.74, 6) is -0.807. The average Bonchev–Trinajstić information content (AvgIpc) is 2.62. The van der Waals surface area contributed by atoms with Gasteiger partial charge in [-0.2, -0.15) is 0 Å². The Hall–Kier alpha value is -3.35. The van der Waals surface area contributed by atoms with Crippen LogP contribution < -0.4 is 10.4 Å². The van der Waals surface area contributed by atoms with E-state index in [2.05, 4.69) is 0 Å². The largest absolute Gasteiger partial charge is 0.483 e. The molecule has 0 N–H and O–H groups in total. The first kappa shape index (κ1) is 22.3. The van der Waals surface area contributed by atoms with E-state index in [4.69, 9.17) is 18.6 Å². The van der Waals surface area contributed by atoms with Crippen LogP contribution in [0.2, 0.25) is 0 Å². The molecule has 1 aliphatic rings. The van der Waals surface area contributed by atoms with Crippen LogP contribution in [0, 0.1) is 0 Å². The molecule has 2 atom stereocenters. The zero-order chi connectivity index (χ0) is 22.9. The standard InChI is InChI=1S/C24H26O7/c1-13(2)11-18(26)29-22-20-16(9-7-15-8-10-17(25)28-21(15)20)31-24(5,6)23(22)30-19(27)12-14(3)4/h7-12,22-23H,1-6H3/t22-,23-/m1/s1. The van der Waals surface area contributed by atoms with Gasteiger partial charge in [0.05, 0.1) is 5.56 Å². The number of allylic oxidation sites excluding steroid dienone is 2. The third kappa shape index (κ3) is 4.87. The van der Waals surface area contributed by atoms with Crippen molar-refractivity contribution in [3.05, 3.63) is 63.5 Å². The number of ether oxygens (including phenoxy) is 3. The highest BCUT2D eigenvalue weighted by molar-refractivity contribution is 5.86. The van der Waals surface area contributed by atoms with Gasteiger partial charge in [0.2, 0.25) is 0 Å². The number of carbonyl (C=O) groups is 2. The lowest BCUT2D eigenvalue weighted by atomic mass is 9.87. The lowest BCUT2D eigenvalue weighted by Gasteiger charge is -2.43. The summed E-state index contributed by atoms with van der Waals surface area (Å²) >= 11 is 0. The Bertz CT molecular complexity index is 1140. The van der Waals surface area contributed by atoms with Crippen molar-refractivity contribution >= 4 is 22.9 Å². The summed E-state index contributed by atoms with van der Waals surface area (Å²) in [6.45, 7) is 10.6. The number of carbonyl (C=O) groups excluding carboxylic acids is 2. The predicted molar refractivity (Wildman–Crippen MR) is 115 cm³/mol. The molecular weight excluding hydrogens is 400 g/mol. The third-order valence-corrected chi connectivity index (χ3v) is 4.71. The molecule has 0 radical (unpaired) electrons. The van der Waals surface area contributed by atoms with Crippen molar-refractivity contribution < 1.29 is 28.2 Å². The maximum Gasteiger partial charge on any atom is 0.336 e. The fourth-order valence-electron chi connectivity index (χ4n) is 3.47. The zero-order valence-corrected chi connectivity index (χ0v) is 18.5. The second-order valence-corrected chi connectivity index (χ2v) is 8.51. The van der Waals surface area contributed by atoms with Gasteiger partial charge in [-0.1, -0.05) is 11.1 Å². The topological polar surface area (TPSA) is 92.0 Å². The minimum Gasteiger partial charge on any atom is -0.483 e. The van der Waals surface area contributed by atoms with Gasteiger partial charge in [-0.15, -0.1) is 0 Å². The van der Waals surface area contributed by atoms with Gasteiger partial charge in [-0.25, -0.2) is 14.4 Å². The van der Waals surface area contributed by atoms with Crippen molar-refractivity contribution in [1.29, 1.82) is 0 Å². The van der Waals surface area contributed by atoms with Crippen molar-refractivity contribution in [2.24, 2.45) is 0 Å². The van der Waals surface area contributed by atoms with E-state index in [1.165, 1.54) is 18.2 Å². The van der Waals surface area contributed by atoms with Crippen molar-refractivity contribution in [1.82, 2.24) is 0 Å². The van der Waals surface area contributed by atoms with Crippen LogP contribution in [0.5, 0.6) is 5.75 Å². The van der Waals surface area contributed by atoms with E-state index >= 15 is 0 Å². The Morgan fingerprint density at radius 1 is 0.935 bits per heavy atom. The molecule has 1 aromatic carbocycles. The normalized spacial score (nSPS) is 18.9. The van der Waals surface area contributed by atoms with Gasteiger partial charge < -0.3 is 18.6 Å². The van der Waals surface area contributed by atoms with Crippen LogP contribution in [0.15, 0.2) is 56.8 Å². The Labute approximate surface area is 180 Å². The molecule has 0 bridgehead atoms. The first-order valence-corrected chi connectivity index (χ1v) is 9.95. The summed E-state index contributed by atoms with van der Waals surface area (Å²) in [7, 11) is 0. The minimum atomic E-state index is -1.05. The second kappa shape index (κ2) is 8.41. The van der Waals surface area contributed by atoms with Gasteiger partial charge in [-0.05, 0) is 59.7 Å². The Kier molecular flexibility index (Phi) is 6.06. The Balaban J connectivity index is 2.21. The number of rotatable bonds is 4.